The van der Waals surface area contributed by atoms with Crippen LogP contribution in [0.3, 0.4) is 0 Å². The SMILES string of the molecule is CC(=O)[O-].CC[NH3+].[Sn]. The van der Waals surface area contributed by atoms with Crippen LogP contribution in [0.15, 0.2) is 0 Å². The van der Waals surface area contributed by atoms with Crippen molar-refractivity contribution in [3.8, 4) is 0 Å². The van der Waals surface area contributed by atoms with Gasteiger partial charge in [-0.15, -0.1) is 0 Å². The van der Waals surface area contributed by atoms with Gasteiger partial charge in [-0.2, -0.15) is 0 Å². The maximum absolute atomic E-state index is 8.89. The average Bonchev–Trinajstić information content (AvgIpc) is 1.33. The van der Waals surface area contributed by atoms with Crippen LogP contribution in [0.4, 0.5) is 0 Å². The zero-order chi connectivity index (χ0) is 6.28. The molecular formula is C4H11NO2Sn. The topological polar surface area (TPSA) is 67.8 Å². The van der Waals surface area contributed by atoms with E-state index >= 15 is 0 Å². The second-order valence-corrected chi connectivity index (χ2v) is 0.992. The van der Waals surface area contributed by atoms with Crippen LogP contribution in [-0.4, -0.2) is 36.4 Å². The number of hydrogen-bond acceptors (Lipinski definition) is 2. The Bertz CT molecular complexity index is 45.3. The van der Waals surface area contributed by atoms with Gasteiger partial charge < -0.3 is 15.6 Å². The van der Waals surface area contributed by atoms with Gasteiger partial charge in [-0.25, -0.2) is 0 Å². The van der Waals surface area contributed by atoms with E-state index in [-0.39, 0.29) is 23.9 Å². The first-order valence-corrected chi connectivity index (χ1v) is 2.12. The molecule has 0 aliphatic rings. The van der Waals surface area contributed by atoms with Gasteiger partial charge in [0.05, 0.1) is 6.54 Å². The van der Waals surface area contributed by atoms with Crippen LogP contribution in [0.2, 0.25) is 0 Å². The van der Waals surface area contributed by atoms with E-state index < -0.39 is 5.97 Å². The quantitative estimate of drug-likeness (QED) is 0.467. The van der Waals surface area contributed by atoms with Crippen molar-refractivity contribution in [1.29, 1.82) is 0 Å². The summed E-state index contributed by atoms with van der Waals surface area (Å²) < 4.78 is 0. The molecule has 4 radical (unpaired) electrons. The summed E-state index contributed by atoms with van der Waals surface area (Å²) in [5, 5.41) is 8.89. The molecule has 48 valence electrons. The largest absolute Gasteiger partial charge is 0.550 e. The molecule has 3 nitrogen and oxygen atoms in total. The Morgan fingerprint density at radius 2 is 1.75 bits per heavy atom. The van der Waals surface area contributed by atoms with Crippen LogP contribution >= 0.6 is 0 Å². The van der Waals surface area contributed by atoms with E-state index in [0.717, 1.165) is 13.5 Å². The van der Waals surface area contributed by atoms with E-state index in [9.17, 15) is 0 Å². The summed E-state index contributed by atoms with van der Waals surface area (Å²) >= 11 is 0. The van der Waals surface area contributed by atoms with Crippen LogP contribution in [0.25, 0.3) is 0 Å². The Labute approximate surface area is 66.2 Å². The Hall–Kier alpha value is 0.229. The molecule has 0 bridgehead atoms. The number of carboxylic acid groups (broad SMARTS) is 1. The van der Waals surface area contributed by atoms with Crippen molar-refractivity contribution in [2.24, 2.45) is 0 Å². The second kappa shape index (κ2) is 15.7. The first-order valence-electron chi connectivity index (χ1n) is 2.12. The first-order chi connectivity index (χ1) is 3.15. The van der Waals surface area contributed by atoms with Crippen LogP contribution in [0.1, 0.15) is 13.8 Å². The van der Waals surface area contributed by atoms with Crippen molar-refractivity contribution < 1.29 is 15.6 Å². The summed E-state index contributed by atoms with van der Waals surface area (Å²) in [6.45, 7) is 3.99. The predicted molar refractivity (Wildman–Crippen MR) is 29.9 cm³/mol. The van der Waals surface area contributed by atoms with E-state index in [0.29, 0.717) is 0 Å². The number of quaternary nitrogens is 1. The summed E-state index contributed by atoms with van der Waals surface area (Å²) in [5.74, 6) is -1.08. The molecule has 0 unspecified atom stereocenters. The number of carbonyl (C=O) groups excluding carboxylic acids is 1. The summed E-state index contributed by atoms with van der Waals surface area (Å²) in [5.41, 5.74) is 3.49. The van der Waals surface area contributed by atoms with Crippen molar-refractivity contribution in [3.05, 3.63) is 0 Å². The molecule has 0 saturated carbocycles. The molecule has 0 amide bonds. The molecule has 0 rings (SSSR count). The number of carbonyl (C=O) groups is 1. The average molecular weight is 224 g/mol. The maximum Gasteiger partial charge on any atom is 0.0711 e. The summed E-state index contributed by atoms with van der Waals surface area (Å²) in [4.78, 5) is 8.89. The Balaban J connectivity index is -0.0000000575. The molecule has 0 aliphatic heterocycles. The predicted octanol–water partition coefficient (Wildman–Crippen LogP) is -2.38. The van der Waals surface area contributed by atoms with E-state index in [1.807, 2.05) is 6.92 Å². The molecule has 0 aliphatic carbocycles. The van der Waals surface area contributed by atoms with E-state index in [1.54, 1.807) is 0 Å². The molecule has 3 N–H and O–H groups in total. The molecule has 0 spiro atoms. The van der Waals surface area contributed by atoms with Gasteiger partial charge in [0.1, 0.15) is 0 Å². The first kappa shape index (κ1) is 15.7. The third-order valence-electron chi connectivity index (χ3n) is 0. The van der Waals surface area contributed by atoms with E-state index in [1.165, 1.54) is 0 Å². The molecule has 8 heavy (non-hydrogen) atoms. The Morgan fingerprint density at radius 1 is 1.75 bits per heavy atom. The number of carboxylic acids is 1. The van der Waals surface area contributed by atoms with Gasteiger partial charge >= 0.3 is 0 Å². The molecule has 0 aromatic carbocycles. The van der Waals surface area contributed by atoms with Gasteiger partial charge in [-0.1, -0.05) is 0 Å². The fraction of sp³-hybridized carbons (Fsp3) is 0.750. The van der Waals surface area contributed by atoms with Crippen molar-refractivity contribution in [2.45, 2.75) is 13.8 Å². The summed E-state index contributed by atoms with van der Waals surface area (Å²) in [6.07, 6.45) is 0. The van der Waals surface area contributed by atoms with Crippen LogP contribution < -0.4 is 10.8 Å². The fourth-order valence-corrected chi connectivity index (χ4v) is 0. The Kier molecular flexibility index (Phi) is 30.8. The zero-order valence-corrected chi connectivity index (χ0v) is 8.08. The van der Waals surface area contributed by atoms with Crippen molar-refractivity contribution >= 4 is 29.9 Å². The zero-order valence-electron chi connectivity index (χ0n) is 5.23. The minimum Gasteiger partial charge on any atom is -0.550 e. The molecule has 0 atom stereocenters. The third kappa shape index (κ3) is 3260. The second-order valence-electron chi connectivity index (χ2n) is 0.992. The van der Waals surface area contributed by atoms with Crippen molar-refractivity contribution in [1.82, 2.24) is 0 Å². The standard InChI is InChI=1S/C2H7N.C2H4O2.Sn/c1-2-3;1-2(3)4;/h2-3H2,1H3;1H3,(H,3,4);. The number of rotatable bonds is 0. The molecule has 0 aromatic rings. The van der Waals surface area contributed by atoms with Gasteiger partial charge in [0.2, 0.25) is 0 Å². The fourth-order valence-electron chi connectivity index (χ4n) is 0. The smallest absolute Gasteiger partial charge is 0.0711 e. The van der Waals surface area contributed by atoms with Gasteiger partial charge in [0.25, 0.3) is 0 Å². The maximum atomic E-state index is 8.89. The van der Waals surface area contributed by atoms with E-state index in [2.05, 4.69) is 5.73 Å². The monoisotopic (exact) mass is 225 g/mol. The van der Waals surface area contributed by atoms with Crippen molar-refractivity contribution in [2.75, 3.05) is 6.54 Å². The summed E-state index contributed by atoms with van der Waals surface area (Å²) in [7, 11) is 0. The molecule has 0 heterocycles. The van der Waals surface area contributed by atoms with Crippen molar-refractivity contribution in [3.63, 3.8) is 0 Å². The minimum absolute atomic E-state index is 0. The Morgan fingerprint density at radius 3 is 1.75 bits per heavy atom. The molecule has 4 heteroatoms. The van der Waals surface area contributed by atoms with Crippen LogP contribution in [-0.2, 0) is 4.79 Å². The van der Waals surface area contributed by atoms with E-state index in [4.69, 9.17) is 9.90 Å². The molecule has 0 saturated heterocycles. The van der Waals surface area contributed by atoms with Crippen LogP contribution in [0.5, 0.6) is 0 Å². The van der Waals surface area contributed by atoms with Crippen LogP contribution in [0, 0.1) is 0 Å². The third-order valence-corrected chi connectivity index (χ3v) is 0. The van der Waals surface area contributed by atoms with Gasteiger partial charge in [0.15, 0.2) is 0 Å². The normalized spacial score (nSPS) is 5.38. The number of hydrogen-bond donors (Lipinski definition) is 1. The number of aliphatic carboxylic acids is 1. The van der Waals surface area contributed by atoms with Gasteiger partial charge in [-0.3, -0.25) is 0 Å². The molecular weight excluding hydrogens is 213 g/mol. The van der Waals surface area contributed by atoms with Gasteiger partial charge in [-0.05, 0) is 13.8 Å². The summed E-state index contributed by atoms with van der Waals surface area (Å²) in [6, 6.07) is 0. The van der Waals surface area contributed by atoms with Gasteiger partial charge in [0, 0.05) is 29.9 Å². The molecule has 0 fully saturated rings. The minimum atomic E-state index is -1.08. The molecule has 0 aromatic heterocycles.